The van der Waals surface area contributed by atoms with Gasteiger partial charge in [-0.2, -0.15) is 0 Å². The lowest BCUT2D eigenvalue weighted by Crippen LogP contribution is -2.38. The van der Waals surface area contributed by atoms with E-state index in [9.17, 15) is 9.59 Å². The van der Waals surface area contributed by atoms with E-state index in [4.69, 9.17) is 46.4 Å². The summed E-state index contributed by atoms with van der Waals surface area (Å²) in [6, 6.07) is 0. The summed E-state index contributed by atoms with van der Waals surface area (Å²) < 4.78 is -0.674. The summed E-state index contributed by atoms with van der Waals surface area (Å²) in [4.78, 5) is 21.7. The van der Waals surface area contributed by atoms with Crippen LogP contribution in [0.5, 0.6) is 0 Å². The maximum Gasteiger partial charge on any atom is 0.239 e. The van der Waals surface area contributed by atoms with Gasteiger partial charge in [-0.05, 0) is 6.42 Å². The molecule has 1 aliphatic rings. The van der Waals surface area contributed by atoms with Crippen LogP contribution in [-0.4, -0.2) is 24.6 Å². The number of hydrogen-bond acceptors (Lipinski definition) is 3. The van der Waals surface area contributed by atoms with Gasteiger partial charge in [-0.25, -0.2) is 4.31 Å². The molecule has 2 amide bonds. The van der Waals surface area contributed by atoms with Crippen LogP contribution in [0, 0.1) is 0 Å². The standard InChI is InChI=1S/C7H7Cl4NO2S/c8-6(9)7(10,11)15-12-4(13)2-1-3-5(12)14/h6H,1-3H2. The number of amides is 2. The Hall–Kier alpha value is 0.650. The van der Waals surface area contributed by atoms with E-state index in [-0.39, 0.29) is 11.8 Å². The Kier molecular flexibility index (Phi) is 4.86. The predicted octanol–water partition coefficient (Wildman–Crippen LogP) is 3.11. The van der Waals surface area contributed by atoms with Crippen molar-refractivity contribution in [3.05, 3.63) is 0 Å². The molecule has 1 rings (SSSR count). The number of carbonyl (C=O) groups is 2. The number of nitrogens with zero attached hydrogens (tertiary/aromatic N) is 1. The summed E-state index contributed by atoms with van der Waals surface area (Å²) in [7, 11) is 0. The Bertz CT molecular complexity index is 268. The van der Waals surface area contributed by atoms with Gasteiger partial charge in [0.15, 0.2) is 4.84 Å². The van der Waals surface area contributed by atoms with E-state index >= 15 is 0 Å². The van der Waals surface area contributed by atoms with Gasteiger partial charge in [-0.15, -0.1) is 23.2 Å². The SMILES string of the molecule is O=C1CCCC(=O)N1SC(Cl)(Cl)C(Cl)Cl. The fourth-order valence-electron chi connectivity index (χ4n) is 0.996. The first-order valence-electron chi connectivity index (χ1n) is 4.05. The van der Waals surface area contributed by atoms with Crippen molar-refractivity contribution < 1.29 is 9.59 Å². The number of carbonyl (C=O) groups excluding carboxylic acids is 2. The van der Waals surface area contributed by atoms with Crippen molar-refractivity contribution in [3.63, 3.8) is 0 Å². The average molecular weight is 311 g/mol. The van der Waals surface area contributed by atoms with E-state index in [1.807, 2.05) is 0 Å². The molecular formula is C7H7Cl4NO2S. The van der Waals surface area contributed by atoms with Gasteiger partial charge in [0.1, 0.15) is 0 Å². The van der Waals surface area contributed by atoms with Gasteiger partial charge in [0.05, 0.1) is 0 Å². The molecule has 3 nitrogen and oxygen atoms in total. The normalized spacial score (nSPS) is 18.9. The largest absolute Gasteiger partial charge is 0.273 e. The lowest BCUT2D eigenvalue weighted by atomic mass is 10.1. The summed E-state index contributed by atoms with van der Waals surface area (Å²) in [5, 5.41) is 0. The molecule has 1 saturated heterocycles. The Morgan fingerprint density at radius 1 is 1.20 bits per heavy atom. The van der Waals surface area contributed by atoms with Gasteiger partial charge in [-0.1, -0.05) is 23.2 Å². The third kappa shape index (κ3) is 3.56. The van der Waals surface area contributed by atoms with E-state index in [0.717, 1.165) is 4.31 Å². The zero-order chi connectivity index (χ0) is 11.6. The molecule has 0 aliphatic carbocycles. The van der Waals surface area contributed by atoms with Gasteiger partial charge < -0.3 is 0 Å². The van der Waals surface area contributed by atoms with Gasteiger partial charge in [0, 0.05) is 24.8 Å². The molecule has 0 spiro atoms. The fourth-order valence-corrected chi connectivity index (χ4v) is 2.36. The van der Waals surface area contributed by atoms with Crippen LogP contribution in [0.3, 0.4) is 0 Å². The van der Waals surface area contributed by atoms with Crippen LogP contribution < -0.4 is 0 Å². The quantitative estimate of drug-likeness (QED) is 0.456. The second-order valence-electron chi connectivity index (χ2n) is 2.89. The van der Waals surface area contributed by atoms with Gasteiger partial charge in [0.25, 0.3) is 0 Å². The molecule has 0 radical (unpaired) electrons. The smallest absolute Gasteiger partial charge is 0.239 e. The first-order chi connectivity index (χ1) is 6.84. The Labute approximate surface area is 111 Å². The monoisotopic (exact) mass is 309 g/mol. The zero-order valence-electron chi connectivity index (χ0n) is 7.38. The summed E-state index contributed by atoms with van der Waals surface area (Å²) in [5.74, 6) is -0.646. The van der Waals surface area contributed by atoms with E-state index in [1.165, 1.54) is 0 Å². The summed E-state index contributed by atoms with van der Waals surface area (Å²) in [6.45, 7) is 0. The number of halogens is 4. The van der Waals surface area contributed by atoms with Crippen molar-refractivity contribution in [2.75, 3.05) is 0 Å². The van der Waals surface area contributed by atoms with E-state index in [1.54, 1.807) is 0 Å². The minimum Gasteiger partial charge on any atom is -0.273 e. The maximum atomic E-state index is 11.4. The van der Waals surface area contributed by atoms with Crippen LogP contribution in [-0.2, 0) is 9.59 Å². The molecule has 0 N–H and O–H groups in total. The molecule has 1 fully saturated rings. The zero-order valence-corrected chi connectivity index (χ0v) is 11.2. The minimum absolute atomic E-state index is 0.303. The highest BCUT2D eigenvalue weighted by Gasteiger charge is 2.40. The van der Waals surface area contributed by atoms with Crippen molar-refractivity contribution in [2.45, 2.75) is 27.8 Å². The molecular weight excluding hydrogens is 304 g/mol. The number of hydrogen-bond donors (Lipinski definition) is 0. The van der Waals surface area contributed by atoms with E-state index in [2.05, 4.69) is 0 Å². The van der Waals surface area contributed by atoms with Crippen LogP contribution in [0.1, 0.15) is 19.3 Å². The Morgan fingerprint density at radius 3 is 2.07 bits per heavy atom. The predicted molar refractivity (Wildman–Crippen MR) is 63.2 cm³/mol. The molecule has 0 saturated carbocycles. The second kappa shape index (κ2) is 5.32. The van der Waals surface area contributed by atoms with Crippen LogP contribution in [0.25, 0.3) is 0 Å². The molecule has 0 unspecified atom stereocenters. The first-order valence-corrected chi connectivity index (χ1v) is 6.45. The van der Waals surface area contributed by atoms with Crippen LogP contribution >= 0.6 is 58.4 Å². The molecule has 0 bridgehead atoms. The first kappa shape index (κ1) is 13.7. The third-order valence-corrected chi connectivity index (χ3v) is 4.98. The van der Waals surface area contributed by atoms with Crippen molar-refractivity contribution in [1.82, 2.24) is 4.31 Å². The maximum absolute atomic E-state index is 11.4. The van der Waals surface area contributed by atoms with Crippen molar-refractivity contribution >= 4 is 70.2 Å². The van der Waals surface area contributed by atoms with E-state index in [0.29, 0.717) is 31.2 Å². The van der Waals surface area contributed by atoms with Gasteiger partial charge >= 0.3 is 0 Å². The molecule has 8 heteroatoms. The molecule has 86 valence electrons. The van der Waals surface area contributed by atoms with Gasteiger partial charge in [0.2, 0.25) is 15.5 Å². The number of imide groups is 1. The lowest BCUT2D eigenvalue weighted by molar-refractivity contribution is -0.140. The second-order valence-corrected chi connectivity index (χ2v) is 7.01. The Morgan fingerprint density at radius 2 is 1.67 bits per heavy atom. The van der Waals surface area contributed by atoms with Crippen molar-refractivity contribution in [3.8, 4) is 0 Å². The summed E-state index contributed by atoms with van der Waals surface area (Å²) in [6.07, 6.45) is 1.16. The van der Waals surface area contributed by atoms with Crippen molar-refractivity contribution in [2.24, 2.45) is 0 Å². The van der Waals surface area contributed by atoms with Crippen molar-refractivity contribution in [1.29, 1.82) is 0 Å². The molecule has 1 aliphatic heterocycles. The van der Waals surface area contributed by atoms with Crippen LogP contribution in [0.15, 0.2) is 0 Å². The lowest BCUT2D eigenvalue weighted by Gasteiger charge is -2.29. The number of rotatable bonds is 3. The molecule has 0 aromatic rings. The van der Waals surface area contributed by atoms with E-state index < -0.39 is 8.50 Å². The highest BCUT2D eigenvalue weighted by Crippen LogP contribution is 2.45. The summed E-state index contributed by atoms with van der Waals surface area (Å²) >= 11 is 23.2. The molecule has 0 aromatic heterocycles. The highest BCUT2D eigenvalue weighted by molar-refractivity contribution is 8.02. The van der Waals surface area contributed by atoms with Gasteiger partial charge in [-0.3, -0.25) is 9.59 Å². The molecule has 15 heavy (non-hydrogen) atoms. The number of alkyl halides is 4. The average Bonchev–Trinajstić information content (AvgIpc) is 2.11. The Balaban J connectivity index is 2.70. The topological polar surface area (TPSA) is 37.4 Å². The molecule has 0 atom stereocenters. The minimum atomic E-state index is -1.61. The summed E-state index contributed by atoms with van der Waals surface area (Å²) in [5.41, 5.74) is 0. The fraction of sp³-hybridized carbons (Fsp3) is 0.714. The molecule has 1 heterocycles. The van der Waals surface area contributed by atoms with Crippen LogP contribution in [0.2, 0.25) is 0 Å². The van der Waals surface area contributed by atoms with Crippen LogP contribution in [0.4, 0.5) is 0 Å². The molecule has 0 aromatic carbocycles. The number of piperidine rings is 1. The highest BCUT2D eigenvalue weighted by atomic mass is 35.5. The third-order valence-electron chi connectivity index (χ3n) is 1.70.